The number of thiazole rings is 1. The molecule has 0 unspecified atom stereocenters. The van der Waals surface area contributed by atoms with E-state index >= 15 is 0 Å². The van der Waals surface area contributed by atoms with E-state index in [0.717, 1.165) is 37.7 Å². The molecule has 4 aromatic rings. The molecule has 7 heteroatoms. The summed E-state index contributed by atoms with van der Waals surface area (Å²) in [5.74, 6) is 1.36. The van der Waals surface area contributed by atoms with Gasteiger partial charge in [0, 0.05) is 16.2 Å². The first kappa shape index (κ1) is 18.7. The number of nitrogens with one attached hydrogen (secondary N) is 1. The van der Waals surface area contributed by atoms with E-state index in [4.69, 9.17) is 4.52 Å². The average molecular weight is 410 g/mol. The van der Waals surface area contributed by atoms with E-state index in [1.54, 1.807) is 11.8 Å². The van der Waals surface area contributed by atoms with Crippen LogP contribution in [0.15, 0.2) is 51.9 Å². The number of aromatic nitrogens is 2. The topological polar surface area (TPSA) is 68.0 Å². The molecule has 2 heterocycles. The van der Waals surface area contributed by atoms with Crippen LogP contribution in [0.4, 0.5) is 5.13 Å². The summed E-state index contributed by atoms with van der Waals surface area (Å²) in [5.41, 5.74) is 4.63. The van der Waals surface area contributed by atoms with Gasteiger partial charge in [0.2, 0.25) is 0 Å². The van der Waals surface area contributed by atoms with Crippen molar-refractivity contribution < 1.29 is 9.32 Å². The number of carbonyl (C=O) groups is 1. The number of aryl methyl sites for hydroxylation is 3. The Hall–Kier alpha value is -2.64. The number of para-hydroxylation sites is 1. The molecule has 0 atom stereocenters. The fourth-order valence-corrected chi connectivity index (χ4v) is 5.08. The maximum absolute atomic E-state index is 12.9. The molecule has 0 saturated heterocycles. The summed E-state index contributed by atoms with van der Waals surface area (Å²) in [7, 11) is 0. The van der Waals surface area contributed by atoms with E-state index in [2.05, 4.69) is 15.5 Å². The SMILES string of the molecule is Cc1noc(C)c1CSc1ccccc1C(=O)Nc1nc2c(C)cccc2s1. The molecule has 0 bridgehead atoms. The lowest BCUT2D eigenvalue weighted by molar-refractivity contribution is 0.102. The monoisotopic (exact) mass is 409 g/mol. The second-order valence-electron chi connectivity index (χ2n) is 6.48. The first-order chi connectivity index (χ1) is 13.5. The minimum absolute atomic E-state index is 0.154. The molecule has 0 aliphatic carbocycles. The normalized spacial score (nSPS) is 11.1. The molecule has 2 aromatic carbocycles. The van der Waals surface area contributed by atoms with Crippen LogP contribution in [0.3, 0.4) is 0 Å². The highest BCUT2D eigenvalue weighted by Gasteiger charge is 2.16. The fraction of sp³-hybridized carbons (Fsp3) is 0.190. The Morgan fingerprint density at radius 3 is 2.71 bits per heavy atom. The van der Waals surface area contributed by atoms with Gasteiger partial charge in [0.15, 0.2) is 5.13 Å². The van der Waals surface area contributed by atoms with Gasteiger partial charge in [-0.15, -0.1) is 11.8 Å². The number of hydrogen-bond donors (Lipinski definition) is 1. The van der Waals surface area contributed by atoms with Gasteiger partial charge >= 0.3 is 0 Å². The van der Waals surface area contributed by atoms with Crippen LogP contribution in [0.2, 0.25) is 0 Å². The minimum atomic E-state index is -0.154. The second-order valence-corrected chi connectivity index (χ2v) is 8.53. The number of hydrogen-bond acceptors (Lipinski definition) is 6. The largest absolute Gasteiger partial charge is 0.361 e. The first-order valence-electron chi connectivity index (χ1n) is 8.84. The van der Waals surface area contributed by atoms with Gasteiger partial charge in [-0.25, -0.2) is 4.98 Å². The van der Waals surface area contributed by atoms with Crippen molar-refractivity contribution in [2.75, 3.05) is 5.32 Å². The summed E-state index contributed by atoms with van der Waals surface area (Å²) in [5, 5.41) is 7.56. The second kappa shape index (κ2) is 7.77. The van der Waals surface area contributed by atoms with Gasteiger partial charge < -0.3 is 4.52 Å². The third-order valence-electron chi connectivity index (χ3n) is 4.53. The van der Waals surface area contributed by atoms with E-state index in [0.29, 0.717) is 16.4 Å². The molecule has 1 N–H and O–H groups in total. The van der Waals surface area contributed by atoms with Gasteiger partial charge in [-0.1, -0.05) is 40.8 Å². The number of rotatable bonds is 5. The van der Waals surface area contributed by atoms with Crippen LogP contribution >= 0.6 is 23.1 Å². The summed E-state index contributed by atoms with van der Waals surface area (Å²) in [4.78, 5) is 18.4. The van der Waals surface area contributed by atoms with E-state index in [1.165, 1.54) is 11.3 Å². The maximum atomic E-state index is 12.9. The summed E-state index contributed by atoms with van der Waals surface area (Å²) >= 11 is 3.09. The van der Waals surface area contributed by atoms with E-state index in [-0.39, 0.29) is 5.91 Å². The minimum Gasteiger partial charge on any atom is -0.361 e. The van der Waals surface area contributed by atoms with Crippen LogP contribution in [0.5, 0.6) is 0 Å². The lowest BCUT2D eigenvalue weighted by atomic mass is 10.2. The molecule has 1 amide bonds. The van der Waals surface area contributed by atoms with Crippen molar-refractivity contribution in [2.24, 2.45) is 0 Å². The predicted octanol–water partition coefficient (Wildman–Crippen LogP) is 5.75. The number of thioether (sulfide) groups is 1. The molecule has 0 aliphatic heterocycles. The van der Waals surface area contributed by atoms with Gasteiger partial charge in [-0.2, -0.15) is 0 Å². The Kier molecular flexibility index (Phi) is 5.19. The highest BCUT2D eigenvalue weighted by atomic mass is 32.2. The molecule has 0 aliphatic rings. The molecule has 142 valence electrons. The van der Waals surface area contributed by atoms with Gasteiger partial charge in [0.25, 0.3) is 5.91 Å². The lowest BCUT2D eigenvalue weighted by Crippen LogP contribution is -2.12. The highest BCUT2D eigenvalue weighted by molar-refractivity contribution is 7.98. The van der Waals surface area contributed by atoms with E-state index in [9.17, 15) is 4.79 Å². The Morgan fingerprint density at radius 1 is 1.14 bits per heavy atom. The van der Waals surface area contributed by atoms with Gasteiger partial charge in [-0.05, 0) is 44.5 Å². The highest BCUT2D eigenvalue weighted by Crippen LogP contribution is 2.31. The van der Waals surface area contributed by atoms with Crippen LogP contribution in [-0.4, -0.2) is 16.0 Å². The number of fused-ring (bicyclic) bond motifs is 1. The lowest BCUT2D eigenvalue weighted by Gasteiger charge is -2.08. The molecule has 5 nitrogen and oxygen atoms in total. The number of anilines is 1. The molecular weight excluding hydrogens is 390 g/mol. The van der Waals surface area contributed by atoms with Crippen molar-refractivity contribution in [3.8, 4) is 0 Å². The van der Waals surface area contributed by atoms with Crippen LogP contribution in [0.1, 0.15) is 32.9 Å². The van der Waals surface area contributed by atoms with Crippen molar-refractivity contribution in [1.82, 2.24) is 10.1 Å². The van der Waals surface area contributed by atoms with Crippen molar-refractivity contribution in [2.45, 2.75) is 31.4 Å². The molecule has 0 spiro atoms. The zero-order valence-corrected chi connectivity index (χ0v) is 17.4. The first-order valence-corrected chi connectivity index (χ1v) is 10.6. The zero-order chi connectivity index (χ0) is 19.7. The third-order valence-corrected chi connectivity index (χ3v) is 6.56. The number of nitrogens with zero attached hydrogens (tertiary/aromatic N) is 2. The van der Waals surface area contributed by atoms with Crippen molar-refractivity contribution in [3.63, 3.8) is 0 Å². The van der Waals surface area contributed by atoms with Gasteiger partial charge in [-0.3, -0.25) is 10.1 Å². The molecule has 0 saturated carbocycles. The van der Waals surface area contributed by atoms with Crippen molar-refractivity contribution in [1.29, 1.82) is 0 Å². The Bertz CT molecular complexity index is 1140. The Balaban J connectivity index is 1.55. The molecular formula is C21H19N3O2S2. The van der Waals surface area contributed by atoms with Crippen molar-refractivity contribution in [3.05, 3.63) is 70.6 Å². The van der Waals surface area contributed by atoms with Crippen LogP contribution < -0.4 is 5.32 Å². The van der Waals surface area contributed by atoms with Gasteiger partial charge in [0.05, 0.1) is 21.5 Å². The van der Waals surface area contributed by atoms with Crippen LogP contribution in [0, 0.1) is 20.8 Å². The van der Waals surface area contributed by atoms with E-state index < -0.39 is 0 Å². The number of carbonyl (C=O) groups excluding carboxylic acids is 1. The predicted molar refractivity (Wildman–Crippen MR) is 114 cm³/mol. The summed E-state index contributed by atoms with van der Waals surface area (Å²) in [6, 6.07) is 13.6. The van der Waals surface area contributed by atoms with Crippen LogP contribution in [0.25, 0.3) is 10.2 Å². The Labute approximate surface area is 171 Å². The third kappa shape index (κ3) is 3.68. The zero-order valence-electron chi connectivity index (χ0n) is 15.8. The summed E-state index contributed by atoms with van der Waals surface area (Å²) < 4.78 is 6.30. The molecule has 28 heavy (non-hydrogen) atoms. The number of benzene rings is 2. The summed E-state index contributed by atoms with van der Waals surface area (Å²) in [6.07, 6.45) is 0. The maximum Gasteiger partial charge on any atom is 0.258 e. The van der Waals surface area contributed by atoms with Crippen molar-refractivity contribution >= 4 is 44.4 Å². The standard InChI is InChI=1S/C21H19N3O2S2/c1-12-7-6-10-18-19(12)22-21(28-18)23-20(25)15-8-4-5-9-17(15)27-11-16-13(2)24-26-14(16)3/h4-10H,11H2,1-3H3,(H,22,23,25). The summed E-state index contributed by atoms with van der Waals surface area (Å²) in [6.45, 7) is 5.86. The number of amides is 1. The fourth-order valence-electron chi connectivity index (χ4n) is 2.94. The molecule has 0 radical (unpaired) electrons. The van der Waals surface area contributed by atoms with E-state index in [1.807, 2.05) is 63.2 Å². The molecule has 2 aromatic heterocycles. The smallest absolute Gasteiger partial charge is 0.258 e. The average Bonchev–Trinajstić information content (AvgIpc) is 3.24. The molecule has 0 fully saturated rings. The van der Waals surface area contributed by atoms with Crippen LogP contribution in [-0.2, 0) is 5.75 Å². The quantitative estimate of drug-likeness (QED) is 0.425. The van der Waals surface area contributed by atoms with Gasteiger partial charge in [0.1, 0.15) is 5.76 Å². The molecule has 4 rings (SSSR count). The Morgan fingerprint density at radius 2 is 1.96 bits per heavy atom.